The van der Waals surface area contributed by atoms with Crippen molar-refractivity contribution in [3.05, 3.63) is 15.6 Å². The Balaban J connectivity index is 2.86. The van der Waals surface area contributed by atoms with Crippen LogP contribution in [0.4, 0.5) is 0 Å². The quantitative estimate of drug-likeness (QED) is 0.844. The average molecular weight is 297 g/mol. The van der Waals surface area contributed by atoms with E-state index >= 15 is 0 Å². The van der Waals surface area contributed by atoms with Crippen molar-refractivity contribution >= 4 is 23.2 Å². The molecule has 0 saturated heterocycles. The molecule has 0 radical (unpaired) electrons. The third kappa shape index (κ3) is 4.30. The highest BCUT2D eigenvalue weighted by atomic mass is 32.1. The fourth-order valence-corrected chi connectivity index (χ4v) is 2.79. The van der Waals surface area contributed by atoms with E-state index in [0.717, 1.165) is 5.01 Å². The van der Waals surface area contributed by atoms with Crippen LogP contribution in [0.15, 0.2) is 0 Å². The summed E-state index contributed by atoms with van der Waals surface area (Å²) in [5.74, 6) is -0.209. The Morgan fingerprint density at radius 1 is 1.30 bits per heavy atom. The number of hydrogen-bond acceptors (Lipinski definition) is 4. The van der Waals surface area contributed by atoms with E-state index in [1.54, 1.807) is 6.92 Å². The van der Waals surface area contributed by atoms with E-state index in [1.807, 2.05) is 27.7 Å². The number of nitrogens with two attached hydrogens (primary N) is 1. The fourth-order valence-electron chi connectivity index (χ4n) is 1.82. The van der Waals surface area contributed by atoms with E-state index in [9.17, 15) is 9.59 Å². The number of primary amides is 1. The van der Waals surface area contributed by atoms with E-state index in [2.05, 4.69) is 10.3 Å². The zero-order valence-corrected chi connectivity index (χ0v) is 13.5. The number of aromatic nitrogens is 1. The highest BCUT2D eigenvalue weighted by Gasteiger charge is 2.23. The van der Waals surface area contributed by atoms with Crippen molar-refractivity contribution in [3.63, 3.8) is 0 Å². The fraction of sp³-hybridized carbons (Fsp3) is 0.643. The number of hydrogen-bond donors (Lipinski definition) is 2. The molecule has 0 aliphatic heterocycles. The molecule has 0 saturated carbocycles. The number of carbonyl (C=O) groups is 2. The van der Waals surface area contributed by atoms with Crippen molar-refractivity contribution in [1.29, 1.82) is 0 Å². The van der Waals surface area contributed by atoms with Crippen LogP contribution in [-0.4, -0.2) is 22.8 Å². The smallest absolute Gasteiger partial charge is 0.263 e. The number of thiazole rings is 1. The van der Waals surface area contributed by atoms with Gasteiger partial charge in [0, 0.05) is 5.92 Å². The first kappa shape index (κ1) is 16.6. The zero-order valence-electron chi connectivity index (χ0n) is 12.7. The molecule has 0 bridgehead atoms. The highest BCUT2D eigenvalue weighted by Crippen LogP contribution is 2.24. The van der Waals surface area contributed by atoms with E-state index in [-0.39, 0.29) is 17.7 Å². The van der Waals surface area contributed by atoms with Crippen molar-refractivity contribution < 1.29 is 9.59 Å². The van der Waals surface area contributed by atoms with Crippen LogP contribution in [0.1, 0.15) is 60.4 Å². The van der Waals surface area contributed by atoms with Crippen molar-refractivity contribution in [1.82, 2.24) is 10.3 Å². The van der Waals surface area contributed by atoms with Crippen LogP contribution in [0.3, 0.4) is 0 Å². The second kappa shape index (κ2) is 6.83. The minimum atomic E-state index is -0.633. The molecule has 20 heavy (non-hydrogen) atoms. The lowest BCUT2D eigenvalue weighted by atomic mass is 10.0. The van der Waals surface area contributed by atoms with Gasteiger partial charge in [-0.15, -0.1) is 11.3 Å². The van der Waals surface area contributed by atoms with E-state index in [1.165, 1.54) is 11.3 Å². The maximum Gasteiger partial charge on any atom is 0.263 e. The highest BCUT2D eigenvalue weighted by molar-refractivity contribution is 7.13. The lowest BCUT2D eigenvalue weighted by Gasteiger charge is -2.16. The summed E-state index contributed by atoms with van der Waals surface area (Å²) in [6.45, 7) is 9.84. The third-order valence-electron chi connectivity index (χ3n) is 2.87. The van der Waals surface area contributed by atoms with Crippen molar-refractivity contribution in [2.24, 2.45) is 11.7 Å². The number of nitrogens with one attached hydrogen (secondary N) is 1. The summed E-state index contributed by atoms with van der Waals surface area (Å²) in [5.41, 5.74) is 6.04. The molecule has 0 aliphatic rings. The van der Waals surface area contributed by atoms with E-state index in [0.29, 0.717) is 17.0 Å². The number of nitrogens with zero attached hydrogens (tertiary/aromatic N) is 1. The molecule has 1 rings (SSSR count). The summed E-state index contributed by atoms with van der Waals surface area (Å²) in [6.07, 6.45) is 0.538. The molecule has 3 N–H and O–H groups in total. The van der Waals surface area contributed by atoms with Gasteiger partial charge in [-0.2, -0.15) is 0 Å². The topological polar surface area (TPSA) is 85.1 Å². The molecule has 0 fully saturated rings. The SMILES string of the molecule is Cc1nc(C(C)C)sc1C(=O)N[C@@H](CC(C)C)C(N)=O. The maximum atomic E-state index is 12.2. The molecule has 112 valence electrons. The summed E-state index contributed by atoms with van der Waals surface area (Å²) in [5, 5.41) is 3.64. The van der Waals surface area contributed by atoms with Crippen molar-refractivity contribution in [3.8, 4) is 0 Å². The Bertz CT molecular complexity index is 495. The van der Waals surface area contributed by atoms with Gasteiger partial charge in [0.1, 0.15) is 10.9 Å². The molecular formula is C14H23N3O2S. The average Bonchev–Trinajstić information content (AvgIpc) is 2.69. The van der Waals surface area contributed by atoms with Gasteiger partial charge in [0.15, 0.2) is 0 Å². The van der Waals surface area contributed by atoms with Crippen LogP contribution in [0, 0.1) is 12.8 Å². The second-order valence-electron chi connectivity index (χ2n) is 5.68. The number of amides is 2. The zero-order chi connectivity index (χ0) is 15.4. The molecule has 0 unspecified atom stereocenters. The Labute approximate surface area is 124 Å². The largest absolute Gasteiger partial charge is 0.368 e. The van der Waals surface area contributed by atoms with Crippen LogP contribution in [0.25, 0.3) is 0 Å². The first-order valence-corrected chi connectivity index (χ1v) is 7.61. The Kier molecular flexibility index (Phi) is 5.68. The van der Waals surface area contributed by atoms with Crippen LogP contribution < -0.4 is 11.1 Å². The minimum absolute atomic E-state index is 0.267. The molecule has 2 amide bonds. The van der Waals surface area contributed by atoms with Crippen molar-refractivity contribution in [2.75, 3.05) is 0 Å². The van der Waals surface area contributed by atoms with Crippen LogP contribution in [0.2, 0.25) is 0 Å². The number of rotatable bonds is 6. The Morgan fingerprint density at radius 3 is 2.30 bits per heavy atom. The predicted octanol–water partition coefficient (Wildman–Crippen LogP) is 2.20. The molecule has 0 aromatic carbocycles. The van der Waals surface area contributed by atoms with Crippen LogP contribution >= 0.6 is 11.3 Å². The van der Waals surface area contributed by atoms with Gasteiger partial charge in [-0.3, -0.25) is 9.59 Å². The summed E-state index contributed by atoms with van der Waals surface area (Å²) in [6, 6.07) is -0.633. The molecule has 1 atom stereocenters. The summed E-state index contributed by atoms with van der Waals surface area (Å²) >= 11 is 1.37. The van der Waals surface area contributed by atoms with Crippen LogP contribution in [0.5, 0.6) is 0 Å². The summed E-state index contributed by atoms with van der Waals surface area (Å²) < 4.78 is 0. The normalized spacial score (nSPS) is 12.8. The third-order valence-corrected chi connectivity index (χ3v) is 4.33. The Morgan fingerprint density at radius 2 is 1.90 bits per heavy atom. The number of aryl methyl sites for hydroxylation is 1. The van der Waals surface area contributed by atoms with Gasteiger partial charge >= 0.3 is 0 Å². The van der Waals surface area contributed by atoms with Gasteiger partial charge in [-0.1, -0.05) is 27.7 Å². The molecule has 0 aliphatic carbocycles. The van der Waals surface area contributed by atoms with Gasteiger partial charge in [0.25, 0.3) is 5.91 Å². The molecule has 1 aromatic heterocycles. The second-order valence-corrected chi connectivity index (χ2v) is 6.71. The summed E-state index contributed by atoms with van der Waals surface area (Å²) in [7, 11) is 0. The lowest BCUT2D eigenvalue weighted by molar-refractivity contribution is -0.120. The molecule has 1 heterocycles. The lowest BCUT2D eigenvalue weighted by Crippen LogP contribution is -2.45. The molecule has 0 spiro atoms. The molecule has 5 nitrogen and oxygen atoms in total. The first-order chi connectivity index (χ1) is 9.22. The molecule has 6 heteroatoms. The van der Waals surface area contributed by atoms with Crippen LogP contribution in [-0.2, 0) is 4.79 Å². The standard InChI is InChI=1S/C14H23N3O2S/c1-7(2)6-10(12(15)18)17-13(19)11-9(5)16-14(20-11)8(3)4/h7-8,10H,6H2,1-5H3,(H2,15,18)(H,17,19)/t10-/m0/s1. The van der Waals surface area contributed by atoms with Gasteiger partial charge in [-0.25, -0.2) is 4.98 Å². The Hall–Kier alpha value is -1.43. The molecule has 1 aromatic rings. The van der Waals surface area contributed by atoms with Gasteiger partial charge < -0.3 is 11.1 Å². The summed E-state index contributed by atoms with van der Waals surface area (Å²) in [4.78, 5) is 28.6. The first-order valence-electron chi connectivity index (χ1n) is 6.79. The monoisotopic (exact) mass is 297 g/mol. The number of carbonyl (C=O) groups excluding carboxylic acids is 2. The van der Waals surface area contributed by atoms with Crippen molar-refractivity contribution in [2.45, 2.75) is 53.0 Å². The minimum Gasteiger partial charge on any atom is -0.368 e. The predicted molar refractivity (Wildman–Crippen MR) is 80.8 cm³/mol. The molecular weight excluding hydrogens is 274 g/mol. The van der Waals surface area contributed by atoms with Gasteiger partial charge in [0.05, 0.1) is 10.7 Å². The van der Waals surface area contributed by atoms with Gasteiger partial charge in [-0.05, 0) is 19.3 Å². The maximum absolute atomic E-state index is 12.2. The van der Waals surface area contributed by atoms with E-state index in [4.69, 9.17) is 5.73 Å². The van der Waals surface area contributed by atoms with Gasteiger partial charge in [0.2, 0.25) is 5.91 Å². The van der Waals surface area contributed by atoms with E-state index < -0.39 is 11.9 Å².